The monoisotopic (exact) mass is 369 g/mol. The van der Waals surface area contributed by atoms with Crippen LogP contribution in [-0.2, 0) is 4.79 Å². The number of likely N-dealkylation sites (tertiary alicyclic amines) is 1. The fourth-order valence-electron chi connectivity index (χ4n) is 2.99. The summed E-state index contributed by atoms with van der Waals surface area (Å²) in [6.07, 6.45) is 3.38. The number of anilines is 2. The average Bonchev–Trinajstić information content (AvgIpc) is 2.69. The first-order valence-corrected chi connectivity index (χ1v) is 9.94. The van der Waals surface area contributed by atoms with Gasteiger partial charge in [-0.25, -0.2) is 4.79 Å². The van der Waals surface area contributed by atoms with Crippen LogP contribution in [0.2, 0.25) is 0 Å². The van der Waals surface area contributed by atoms with E-state index in [9.17, 15) is 9.59 Å². The zero-order chi connectivity index (χ0) is 18.4. The molecule has 0 saturated carbocycles. The van der Waals surface area contributed by atoms with Crippen molar-refractivity contribution < 1.29 is 9.59 Å². The van der Waals surface area contributed by atoms with Crippen LogP contribution in [0.3, 0.4) is 0 Å². The number of carbonyl (C=O) groups is 2. The molecule has 5 nitrogen and oxygen atoms in total. The lowest BCUT2D eigenvalue weighted by molar-refractivity contribution is -0.121. The number of rotatable bonds is 4. The highest BCUT2D eigenvalue weighted by molar-refractivity contribution is 7.98. The summed E-state index contributed by atoms with van der Waals surface area (Å²) in [6, 6.07) is 17.1. The van der Waals surface area contributed by atoms with Crippen molar-refractivity contribution >= 4 is 35.1 Å². The highest BCUT2D eigenvalue weighted by Crippen LogP contribution is 2.22. The van der Waals surface area contributed by atoms with E-state index in [0.29, 0.717) is 25.9 Å². The predicted molar refractivity (Wildman–Crippen MR) is 107 cm³/mol. The molecule has 0 atom stereocenters. The van der Waals surface area contributed by atoms with Crippen molar-refractivity contribution in [2.24, 2.45) is 5.92 Å². The highest BCUT2D eigenvalue weighted by atomic mass is 32.2. The van der Waals surface area contributed by atoms with Gasteiger partial charge in [-0.3, -0.25) is 4.79 Å². The number of nitrogens with one attached hydrogen (secondary N) is 2. The van der Waals surface area contributed by atoms with Crippen LogP contribution >= 0.6 is 11.8 Å². The Bertz CT molecular complexity index is 741. The Hall–Kier alpha value is -2.47. The van der Waals surface area contributed by atoms with Crippen molar-refractivity contribution in [2.75, 3.05) is 30.0 Å². The summed E-state index contributed by atoms with van der Waals surface area (Å²) >= 11 is 1.67. The lowest BCUT2D eigenvalue weighted by Gasteiger charge is -2.31. The summed E-state index contributed by atoms with van der Waals surface area (Å²) < 4.78 is 0. The number of piperidine rings is 1. The van der Waals surface area contributed by atoms with Crippen LogP contribution in [-0.4, -0.2) is 36.2 Å². The molecule has 3 amide bonds. The van der Waals surface area contributed by atoms with Crippen molar-refractivity contribution in [2.45, 2.75) is 17.7 Å². The molecule has 1 fully saturated rings. The molecular weight excluding hydrogens is 346 g/mol. The molecule has 2 N–H and O–H groups in total. The number of hydrogen-bond acceptors (Lipinski definition) is 3. The minimum Gasteiger partial charge on any atom is -0.326 e. The van der Waals surface area contributed by atoms with Gasteiger partial charge in [0.15, 0.2) is 0 Å². The SMILES string of the molecule is CSc1ccc(NC(=O)C2CCN(C(=O)Nc3ccccc3)CC2)cc1. The summed E-state index contributed by atoms with van der Waals surface area (Å²) in [4.78, 5) is 27.7. The number of amides is 3. The normalized spacial score (nSPS) is 14.7. The number of hydrogen-bond donors (Lipinski definition) is 2. The van der Waals surface area contributed by atoms with Gasteiger partial charge in [-0.05, 0) is 55.5 Å². The van der Waals surface area contributed by atoms with E-state index >= 15 is 0 Å². The Morgan fingerprint density at radius 2 is 1.54 bits per heavy atom. The van der Waals surface area contributed by atoms with E-state index in [-0.39, 0.29) is 17.9 Å². The molecule has 0 aliphatic carbocycles. The van der Waals surface area contributed by atoms with E-state index in [0.717, 1.165) is 11.4 Å². The Kier molecular flexibility index (Phi) is 6.17. The van der Waals surface area contributed by atoms with Gasteiger partial charge in [-0.15, -0.1) is 11.8 Å². The van der Waals surface area contributed by atoms with Crippen LogP contribution in [0.15, 0.2) is 59.5 Å². The number of benzene rings is 2. The summed E-state index contributed by atoms with van der Waals surface area (Å²) in [7, 11) is 0. The molecule has 26 heavy (non-hydrogen) atoms. The van der Waals surface area contributed by atoms with E-state index in [4.69, 9.17) is 0 Å². The Morgan fingerprint density at radius 1 is 0.923 bits per heavy atom. The molecule has 0 spiro atoms. The molecule has 0 unspecified atom stereocenters. The van der Waals surface area contributed by atoms with Gasteiger partial charge in [0.05, 0.1) is 0 Å². The van der Waals surface area contributed by atoms with Gasteiger partial charge in [-0.2, -0.15) is 0 Å². The van der Waals surface area contributed by atoms with Gasteiger partial charge in [0.25, 0.3) is 0 Å². The predicted octanol–water partition coefficient (Wildman–Crippen LogP) is 4.29. The van der Waals surface area contributed by atoms with Gasteiger partial charge in [0, 0.05) is 35.3 Å². The minimum absolute atomic E-state index is 0.0324. The number of carbonyl (C=O) groups excluding carboxylic acids is 2. The number of nitrogens with zero attached hydrogens (tertiary/aromatic N) is 1. The van der Waals surface area contributed by atoms with Crippen molar-refractivity contribution in [3.05, 3.63) is 54.6 Å². The summed E-state index contributed by atoms with van der Waals surface area (Å²) in [5.74, 6) is -0.0268. The van der Waals surface area contributed by atoms with Gasteiger partial charge >= 0.3 is 6.03 Å². The number of thioether (sulfide) groups is 1. The van der Waals surface area contributed by atoms with E-state index in [1.807, 2.05) is 60.9 Å². The third-order valence-electron chi connectivity index (χ3n) is 4.54. The fourth-order valence-corrected chi connectivity index (χ4v) is 3.40. The van der Waals surface area contributed by atoms with Gasteiger partial charge in [0.2, 0.25) is 5.91 Å². The number of urea groups is 1. The van der Waals surface area contributed by atoms with Crippen molar-refractivity contribution in [3.8, 4) is 0 Å². The molecule has 0 bridgehead atoms. The van der Waals surface area contributed by atoms with Crippen LogP contribution in [0.1, 0.15) is 12.8 Å². The maximum absolute atomic E-state index is 12.5. The van der Waals surface area contributed by atoms with Crippen LogP contribution in [0.4, 0.5) is 16.2 Å². The quantitative estimate of drug-likeness (QED) is 0.790. The molecule has 1 heterocycles. The van der Waals surface area contributed by atoms with E-state index in [1.165, 1.54) is 4.90 Å². The van der Waals surface area contributed by atoms with Crippen LogP contribution in [0.25, 0.3) is 0 Å². The third kappa shape index (κ3) is 4.79. The van der Waals surface area contributed by atoms with Crippen molar-refractivity contribution in [1.29, 1.82) is 0 Å². The van der Waals surface area contributed by atoms with Crippen molar-refractivity contribution in [3.63, 3.8) is 0 Å². The Balaban J connectivity index is 1.48. The highest BCUT2D eigenvalue weighted by Gasteiger charge is 2.27. The second-order valence-corrected chi connectivity index (χ2v) is 7.15. The van der Waals surface area contributed by atoms with Gasteiger partial charge in [-0.1, -0.05) is 18.2 Å². The molecule has 1 saturated heterocycles. The molecule has 0 radical (unpaired) electrons. The topological polar surface area (TPSA) is 61.4 Å². The molecule has 6 heteroatoms. The smallest absolute Gasteiger partial charge is 0.321 e. The van der Waals surface area contributed by atoms with E-state index in [1.54, 1.807) is 16.7 Å². The molecule has 3 rings (SSSR count). The number of para-hydroxylation sites is 1. The molecule has 0 aromatic heterocycles. The Labute approximate surface area is 158 Å². The molecule has 136 valence electrons. The standard InChI is InChI=1S/C20H23N3O2S/c1-26-18-9-7-17(8-10-18)21-19(24)15-11-13-23(14-12-15)20(25)22-16-5-3-2-4-6-16/h2-10,15H,11-14H2,1H3,(H,21,24)(H,22,25). The lowest BCUT2D eigenvalue weighted by Crippen LogP contribution is -2.43. The molecule has 2 aromatic rings. The first-order valence-electron chi connectivity index (χ1n) is 8.71. The van der Waals surface area contributed by atoms with E-state index < -0.39 is 0 Å². The van der Waals surface area contributed by atoms with Gasteiger partial charge < -0.3 is 15.5 Å². The summed E-state index contributed by atoms with van der Waals surface area (Å²) in [5, 5.41) is 5.87. The zero-order valence-electron chi connectivity index (χ0n) is 14.8. The largest absolute Gasteiger partial charge is 0.326 e. The van der Waals surface area contributed by atoms with E-state index in [2.05, 4.69) is 10.6 Å². The van der Waals surface area contributed by atoms with Gasteiger partial charge in [0.1, 0.15) is 0 Å². The van der Waals surface area contributed by atoms with Crippen molar-refractivity contribution in [1.82, 2.24) is 4.90 Å². The molecule has 2 aromatic carbocycles. The summed E-state index contributed by atoms with van der Waals surface area (Å²) in [6.45, 7) is 1.17. The third-order valence-corrected chi connectivity index (χ3v) is 5.28. The lowest BCUT2D eigenvalue weighted by atomic mass is 9.96. The fraction of sp³-hybridized carbons (Fsp3) is 0.300. The molecular formula is C20H23N3O2S. The summed E-state index contributed by atoms with van der Waals surface area (Å²) in [5.41, 5.74) is 1.60. The average molecular weight is 369 g/mol. The minimum atomic E-state index is -0.109. The molecule has 1 aliphatic rings. The maximum Gasteiger partial charge on any atom is 0.321 e. The van der Waals surface area contributed by atoms with Crippen LogP contribution in [0, 0.1) is 5.92 Å². The molecule has 1 aliphatic heterocycles. The first-order chi connectivity index (χ1) is 12.7. The maximum atomic E-state index is 12.5. The second-order valence-electron chi connectivity index (χ2n) is 6.28. The van der Waals surface area contributed by atoms with Crippen LogP contribution < -0.4 is 10.6 Å². The second kappa shape index (κ2) is 8.76. The van der Waals surface area contributed by atoms with Crippen LogP contribution in [0.5, 0.6) is 0 Å². The zero-order valence-corrected chi connectivity index (χ0v) is 15.6. The first kappa shape index (κ1) is 18.3. The Morgan fingerprint density at radius 3 is 2.15 bits per heavy atom.